The van der Waals surface area contributed by atoms with Crippen LogP contribution in [0.5, 0.6) is 0 Å². The fraction of sp³-hybridized carbons (Fsp3) is 0.385. The van der Waals surface area contributed by atoms with Crippen LogP contribution in [0.15, 0.2) is 12.2 Å². The summed E-state index contributed by atoms with van der Waals surface area (Å²) in [6, 6.07) is 0. The van der Waals surface area contributed by atoms with E-state index in [1.54, 1.807) is 13.8 Å². The Morgan fingerprint density at radius 1 is 1.00 bits per heavy atom. The van der Waals surface area contributed by atoms with Gasteiger partial charge in [-0.1, -0.05) is 0 Å². The molecule has 0 atom stereocenters. The molecule has 7 nitrogen and oxygen atoms in total. The van der Waals surface area contributed by atoms with Gasteiger partial charge in [0.05, 0.1) is 0 Å². The second-order valence-corrected chi connectivity index (χ2v) is 4.16. The molecular weight excluding hydrogens is 367 g/mol. The molecule has 0 amide bonds. The molecule has 0 N–H and O–H groups in total. The molecule has 1 aliphatic rings. The van der Waals surface area contributed by atoms with E-state index in [0.29, 0.717) is 18.7 Å². The van der Waals surface area contributed by atoms with Crippen LogP contribution in [0.1, 0.15) is 13.8 Å². The molecule has 130 valence electrons. The molecule has 24 heavy (non-hydrogen) atoms. The van der Waals surface area contributed by atoms with E-state index in [9.17, 15) is 8.63 Å². The summed E-state index contributed by atoms with van der Waals surface area (Å²) < 4.78 is 69.3. The monoisotopic (exact) mass is 381 g/mol. The zero-order valence-corrected chi connectivity index (χ0v) is 14.2. The molecule has 1 saturated heterocycles. The fourth-order valence-corrected chi connectivity index (χ4v) is 2.03. The Morgan fingerprint density at radius 3 is 1.54 bits per heavy atom. The van der Waals surface area contributed by atoms with Gasteiger partial charge < -0.3 is 0 Å². The van der Waals surface area contributed by atoms with Crippen LogP contribution in [0.2, 0.25) is 0 Å². The van der Waals surface area contributed by atoms with Gasteiger partial charge in [-0.05, 0) is 0 Å². The Kier molecular flexibility index (Phi) is 30.8. The fourth-order valence-electron chi connectivity index (χ4n) is 1.75. The topological polar surface area (TPSA) is 109 Å². The zero-order valence-electron chi connectivity index (χ0n) is 13.0. The summed E-state index contributed by atoms with van der Waals surface area (Å²) in [4.78, 5) is 0. The molecule has 11 heteroatoms. The van der Waals surface area contributed by atoms with Crippen molar-refractivity contribution in [1.82, 2.24) is 0 Å². The zero-order chi connectivity index (χ0) is 21.0. The van der Waals surface area contributed by atoms with Gasteiger partial charge in [0.15, 0.2) is 0 Å². The van der Waals surface area contributed by atoms with E-state index >= 15 is 0 Å². The average Bonchev–Trinajstić information content (AvgIpc) is 2.66. The van der Waals surface area contributed by atoms with Gasteiger partial charge in [-0.25, -0.2) is 0 Å². The Bertz CT molecular complexity index is 434. The molecule has 0 radical (unpaired) electrons. The van der Waals surface area contributed by atoms with Crippen molar-refractivity contribution >= 4 is 11.6 Å². The number of likely N-dealkylation sites (N-methyl/N-ethyl adjacent to an activating group) is 1. The van der Waals surface area contributed by atoms with Crippen molar-refractivity contribution in [2.75, 3.05) is 19.6 Å². The summed E-state index contributed by atoms with van der Waals surface area (Å²) in [5.74, 6) is 0. The first kappa shape index (κ1) is 34.1. The molecule has 1 fully saturated rings. The standard InChI is InChI=1S/C8H14BF2NO.5CO.Cr/c1-4-12(5-2)6-8(3)7-13-9(12,10)11;5*1-2;/h3-6H2,1-2H3;;;;;;. The van der Waals surface area contributed by atoms with Gasteiger partial charge in [-0.15, -0.1) is 0 Å². The first-order valence-corrected chi connectivity index (χ1v) is 6.32. The summed E-state index contributed by atoms with van der Waals surface area (Å²) in [5, 5.41) is 0. The van der Waals surface area contributed by atoms with E-state index in [0.717, 1.165) is 0 Å². The second kappa shape index (κ2) is 21.7. The first-order valence-electron chi connectivity index (χ1n) is 5.68. The van der Waals surface area contributed by atoms with Gasteiger partial charge in [0.2, 0.25) is 0 Å². The molecule has 0 aromatic carbocycles. The van der Waals surface area contributed by atoms with Crippen LogP contribution in [-0.2, 0) is 43.8 Å². The maximum absolute atomic E-state index is 13.7. The molecule has 0 unspecified atom stereocenters. The van der Waals surface area contributed by atoms with Crippen LogP contribution in [0.3, 0.4) is 0 Å². The number of halogens is 2. The molecule has 1 heterocycles. The molecular formula is C13H14BCrF2NO6. The third kappa shape index (κ3) is 10.5. The predicted molar refractivity (Wildman–Crippen MR) is 69.1 cm³/mol. The van der Waals surface area contributed by atoms with Gasteiger partial charge >= 0.3 is 147 Å². The number of hydrogen-bond acceptors (Lipinski definition) is 1. The molecule has 0 spiro atoms. The van der Waals surface area contributed by atoms with E-state index in [2.05, 4.69) is 60.3 Å². The van der Waals surface area contributed by atoms with Crippen LogP contribution in [-0.4, -0.2) is 35.6 Å². The summed E-state index contributed by atoms with van der Waals surface area (Å²) in [7, 11) is -3.83. The van der Waals surface area contributed by atoms with E-state index in [4.69, 9.17) is 23.3 Å². The van der Waals surface area contributed by atoms with Gasteiger partial charge in [0.25, 0.3) is 0 Å². The summed E-state index contributed by atoms with van der Waals surface area (Å²) in [6.07, 6.45) is 0. The maximum atomic E-state index is 13.7. The summed E-state index contributed by atoms with van der Waals surface area (Å²) in [5.41, 5.74) is 0.626. The number of nitrogens with zero attached hydrogens (tertiary/aromatic N) is 1. The normalized spacial score (nSPS) is 15.1. The Balaban J connectivity index is -0.000000103. The third-order valence-corrected chi connectivity index (χ3v) is 3.54. The van der Waals surface area contributed by atoms with Crippen LogP contribution in [0, 0.1) is 33.3 Å². The quantitative estimate of drug-likeness (QED) is 0.401. The summed E-state index contributed by atoms with van der Waals surface area (Å²) >= 11 is 2.49. The average molecular weight is 381 g/mol. The van der Waals surface area contributed by atoms with Crippen molar-refractivity contribution in [3.05, 3.63) is 45.4 Å². The van der Waals surface area contributed by atoms with E-state index < -0.39 is 7.04 Å². The molecule has 0 aromatic heterocycles. The molecule has 0 aliphatic carbocycles. The van der Waals surface area contributed by atoms with Crippen LogP contribution < -0.4 is 0 Å². The van der Waals surface area contributed by atoms with E-state index in [1.807, 2.05) is 0 Å². The van der Waals surface area contributed by atoms with Crippen molar-refractivity contribution in [3.8, 4) is 0 Å². The first-order chi connectivity index (χ1) is 11.4. The number of rotatable bonds is 2. The SMILES string of the molecule is C=C1C[N+](CC)(CC)[B-](F)(F)O[C]1=[Cr].[C-]#[O+].[C-]#[O+].[C-]#[O+].[C-]#[O+].[C-]#[O+]. The van der Waals surface area contributed by atoms with Crippen LogP contribution >= 0.6 is 0 Å². The predicted octanol–water partition coefficient (Wildman–Crippen LogP) is 1.29. The van der Waals surface area contributed by atoms with Crippen molar-refractivity contribution < 1.29 is 56.8 Å². The Labute approximate surface area is 147 Å². The number of hydrogen-bond donors (Lipinski definition) is 0. The van der Waals surface area contributed by atoms with Gasteiger partial charge in [0.1, 0.15) is 0 Å². The molecule has 0 bridgehead atoms. The molecule has 0 saturated carbocycles. The summed E-state index contributed by atoms with van der Waals surface area (Å²) in [6.45, 7) is 30.7. The van der Waals surface area contributed by atoms with Crippen LogP contribution in [0.4, 0.5) is 8.63 Å². The van der Waals surface area contributed by atoms with Gasteiger partial charge in [0, 0.05) is 0 Å². The molecule has 0 aromatic rings. The Hall–Kier alpha value is -1.31. The van der Waals surface area contributed by atoms with E-state index in [-0.39, 0.29) is 15.5 Å². The molecule has 1 aliphatic heterocycles. The second-order valence-electron chi connectivity index (χ2n) is 3.58. The van der Waals surface area contributed by atoms with E-state index in [1.165, 1.54) is 0 Å². The Morgan fingerprint density at radius 2 is 1.29 bits per heavy atom. The van der Waals surface area contributed by atoms with Gasteiger partial charge in [-0.3, -0.25) is 0 Å². The van der Waals surface area contributed by atoms with Crippen LogP contribution in [0.25, 0.3) is 0 Å². The molecule has 1 rings (SSSR count). The van der Waals surface area contributed by atoms with Crippen molar-refractivity contribution in [2.45, 2.75) is 13.8 Å². The minimum absolute atomic E-state index is 0.158. The third-order valence-electron chi connectivity index (χ3n) is 2.94. The number of quaternary nitrogens is 1. The van der Waals surface area contributed by atoms with Crippen molar-refractivity contribution in [1.29, 1.82) is 0 Å². The van der Waals surface area contributed by atoms with Crippen molar-refractivity contribution in [2.24, 2.45) is 0 Å². The van der Waals surface area contributed by atoms with Crippen molar-refractivity contribution in [3.63, 3.8) is 0 Å². The minimum atomic E-state index is -3.83. The van der Waals surface area contributed by atoms with Gasteiger partial charge in [-0.2, -0.15) is 0 Å².